The summed E-state index contributed by atoms with van der Waals surface area (Å²) in [4.78, 5) is 22.6. The lowest BCUT2D eigenvalue weighted by molar-refractivity contribution is -0.119. The largest absolute Gasteiger partial charge is 0.497 e. The van der Waals surface area contributed by atoms with Crippen LogP contribution in [0.3, 0.4) is 0 Å². The first-order chi connectivity index (χ1) is 8.62. The lowest BCUT2D eigenvalue weighted by Crippen LogP contribution is -2.42. The molecule has 0 aliphatic heterocycles. The van der Waals surface area contributed by atoms with Crippen LogP contribution < -0.4 is 20.3 Å². The molecule has 98 valence electrons. The number of rotatable bonds is 4. The van der Waals surface area contributed by atoms with Crippen LogP contribution >= 0.6 is 11.6 Å². The second kappa shape index (κ2) is 6.70. The fourth-order valence-electron chi connectivity index (χ4n) is 1.21. The van der Waals surface area contributed by atoms with Crippen molar-refractivity contribution in [3.8, 4) is 11.5 Å². The van der Waals surface area contributed by atoms with Crippen LogP contribution in [0.25, 0.3) is 0 Å². The van der Waals surface area contributed by atoms with Crippen LogP contribution in [0.2, 0.25) is 0 Å². The van der Waals surface area contributed by atoms with Crippen LogP contribution in [-0.2, 0) is 4.79 Å². The molecule has 0 saturated carbocycles. The van der Waals surface area contributed by atoms with E-state index in [2.05, 4.69) is 10.9 Å². The molecule has 1 aromatic rings. The molecule has 0 aliphatic rings. The summed E-state index contributed by atoms with van der Waals surface area (Å²) in [6.45, 7) is 0. The Balaban J connectivity index is 2.81. The van der Waals surface area contributed by atoms with E-state index in [9.17, 15) is 9.59 Å². The predicted octanol–water partition coefficient (Wildman–Crippen LogP) is 0.704. The molecule has 1 aromatic carbocycles. The predicted molar refractivity (Wildman–Crippen MR) is 65.9 cm³/mol. The van der Waals surface area contributed by atoms with Gasteiger partial charge in [-0.05, 0) is 12.1 Å². The summed E-state index contributed by atoms with van der Waals surface area (Å²) in [6, 6.07) is 4.71. The summed E-state index contributed by atoms with van der Waals surface area (Å²) < 4.78 is 10.1. The van der Waals surface area contributed by atoms with Crippen LogP contribution in [-0.4, -0.2) is 31.9 Å². The number of hydrogen-bond acceptors (Lipinski definition) is 4. The first kappa shape index (κ1) is 14.1. The highest BCUT2D eigenvalue weighted by atomic mass is 35.5. The zero-order chi connectivity index (χ0) is 13.5. The zero-order valence-corrected chi connectivity index (χ0v) is 10.7. The molecule has 0 fully saturated rings. The highest BCUT2D eigenvalue weighted by Crippen LogP contribution is 2.24. The lowest BCUT2D eigenvalue weighted by Gasteiger charge is -2.10. The summed E-state index contributed by atoms with van der Waals surface area (Å²) in [5.41, 5.74) is 4.64. The molecule has 18 heavy (non-hydrogen) atoms. The van der Waals surface area contributed by atoms with Crippen molar-refractivity contribution in [2.24, 2.45) is 0 Å². The Kier molecular flexibility index (Phi) is 5.26. The van der Waals surface area contributed by atoms with Crippen molar-refractivity contribution in [2.45, 2.75) is 0 Å². The Hall–Kier alpha value is -1.95. The summed E-state index contributed by atoms with van der Waals surface area (Å²) in [5, 5.41) is 0. The van der Waals surface area contributed by atoms with Crippen molar-refractivity contribution >= 4 is 23.4 Å². The summed E-state index contributed by atoms with van der Waals surface area (Å²) >= 11 is 5.28. The Morgan fingerprint density at radius 1 is 1.22 bits per heavy atom. The second-order valence-corrected chi connectivity index (χ2v) is 3.47. The van der Waals surface area contributed by atoms with Gasteiger partial charge < -0.3 is 9.47 Å². The molecular weight excluding hydrogens is 260 g/mol. The lowest BCUT2D eigenvalue weighted by atomic mass is 10.2. The molecule has 6 nitrogen and oxygen atoms in total. The Bertz CT molecular complexity index is 451. The van der Waals surface area contributed by atoms with E-state index in [4.69, 9.17) is 21.1 Å². The van der Waals surface area contributed by atoms with Crippen LogP contribution in [0.5, 0.6) is 11.5 Å². The monoisotopic (exact) mass is 272 g/mol. The number of amides is 2. The van der Waals surface area contributed by atoms with Gasteiger partial charge in [0.05, 0.1) is 19.8 Å². The molecule has 0 aromatic heterocycles. The molecule has 1 rings (SSSR count). The van der Waals surface area contributed by atoms with Gasteiger partial charge in [0.1, 0.15) is 17.4 Å². The third-order valence-corrected chi connectivity index (χ3v) is 2.33. The maximum atomic E-state index is 11.8. The molecule has 0 bridgehead atoms. The van der Waals surface area contributed by atoms with Crippen LogP contribution in [0.1, 0.15) is 10.4 Å². The van der Waals surface area contributed by atoms with Gasteiger partial charge in [-0.3, -0.25) is 20.4 Å². The van der Waals surface area contributed by atoms with E-state index in [0.29, 0.717) is 11.5 Å². The normalized spacial score (nSPS) is 9.50. The Morgan fingerprint density at radius 3 is 2.50 bits per heavy atom. The SMILES string of the molecule is COc1ccc(C(=O)NNC(=O)CCl)c(OC)c1. The molecule has 7 heteroatoms. The van der Waals surface area contributed by atoms with E-state index < -0.39 is 11.8 Å². The van der Waals surface area contributed by atoms with E-state index in [0.717, 1.165) is 0 Å². The first-order valence-electron chi connectivity index (χ1n) is 4.99. The molecule has 0 unspecified atom stereocenters. The van der Waals surface area contributed by atoms with Crippen LogP contribution in [0.4, 0.5) is 0 Å². The molecule has 0 saturated heterocycles. The van der Waals surface area contributed by atoms with Gasteiger partial charge in [-0.15, -0.1) is 11.6 Å². The zero-order valence-electron chi connectivity index (χ0n) is 9.95. The Labute approximate surface area is 109 Å². The molecule has 0 heterocycles. The number of carbonyl (C=O) groups excluding carboxylic acids is 2. The standard InChI is InChI=1S/C11H13ClN2O4/c1-17-7-3-4-8(9(5-7)18-2)11(16)14-13-10(15)6-12/h3-5H,6H2,1-2H3,(H,13,15)(H,14,16). The second-order valence-electron chi connectivity index (χ2n) is 3.20. The number of ether oxygens (including phenoxy) is 2. The van der Waals surface area contributed by atoms with E-state index in [-0.39, 0.29) is 11.4 Å². The fraction of sp³-hybridized carbons (Fsp3) is 0.273. The smallest absolute Gasteiger partial charge is 0.273 e. The average molecular weight is 273 g/mol. The van der Waals surface area contributed by atoms with Gasteiger partial charge in [-0.25, -0.2) is 0 Å². The number of hydrogen-bond donors (Lipinski definition) is 2. The van der Waals surface area contributed by atoms with Crippen molar-refractivity contribution < 1.29 is 19.1 Å². The van der Waals surface area contributed by atoms with Gasteiger partial charge >= 0.3 is 0 Å². The number of carbonyl (C=O) groups is 2. The summed E-state index contributed by atoms with van der Waals surface area (Å²) in [5.74, 6) is -0.342. The van der Waals surface area contributed by atoms with Crippen molar-refractivity contribution in [1.29, 1.82) is 0 Å². The topological polar surface area (TPSA) is 76.7 Å². The molecule has 0 atom stereocenters. The maximum Gasteiger partial charge on any atom is 0.273 e. The number of alkyl halides is 1. The van der Waals surface area contributed by atoms with Crippen LogP contribution in [0.15, 0.2) is 18.2 Å². The van der Waals surface area contributed by atoms with Crippen LogP contribution in [0, 0.1) is 0 Å². The minimum Gasteiger partial charge on any atom is -0.497 e. The minimum atomic E-state index is -0.507. The number of nitrogens with one attached hydrogen (secondary N) is 2. The number of halogens is 1. The minimum absolute atomic E-state index is 0.236. The molecule has 0 aliphatic carbocycles. The fourth-order valence-corrected chi connectivity index (χ4v) is 1.28. The summed E-state index contributed by atoms with van der Waals surface area (Å²) in [6.07, 6.45) is 0. The van der Waals surface area contributed by atoms with Gasteiger partial charge in [0.15, 0.2) is 0 Å². The quantitative estimate of drug-likeness (QED) is 0.625. The van der Waals surface area contributed by atoms with Gasteiger partial charge in [0, 0.05) is 6.07 Å². The molecule has 2 amide bonds. The van der Waals surface area contributed by atoms with Crippen molar-refractivity contribution in [1.82, 2.24) is 10.9 Å². The third-order valence-electron chi connectivity index (χ3n) is 2.09. The van der Waals surface area contributed by atoms with E-state index >= 15 is 0 Å². The van der Waals surface area contributed by atoms with Gasteiger partial charge in [0.25, 0.3) is 11.8 Å². The van der Waals surface area contributed by atoms with Gasteiger partial charge in [-0.2, -0.15) is 0 Å². The van der Waals surface area contributed by atoms with Crippen molar-refractivity contribution in [2.75, 3.05) is 20.1 Å². The van der Waals surface area contributed by atoms with Crippen molar-refractivity contribution in [3.05, 3.63) is 23.8 Å². The number of benzene rings is 1. The van der Waals surface area contributed by atoms with Gasteiger partial charge in [-0.1, -0.05) is 0 Å². The van der Waals surface area contributed by atoms with Crippen molar-refractivity contribution in [3.63, 3.8) is 0 Å². The molecule has 0 radical (unpaired) electrons. The molecule has 2 N–H and O–H groups in total. The van der Waals surface area contributed by atoms with E-state index in [1.165, 1.54) is 20.3 Å². The Morgan fingerprint density at radius 2 is 1.94 bits per heavy atom. The first-order valence-corrected chi connectivity index (χ1v) is 5.53. The number of methoxy groups -OCH3 is 2. The molecular formula is C11H13ClN2O4. The highest BCUT2D eigenvalue weighted by molar-refractivity contribution is 6.27. The average Bonchev–Trinajstić information content (AvgIpc) is 2.43. The summed E-state index contributed by atoms with van der Waals surface area (Å²) in [7, 11) is 2.94. The van der Waals surface area contributed by atoms with E-state index in [1.54, 1.807) is 12.1 Å². The number of hydrazine groups is 1. The highest BCUT2D eigenvalue weighted by Gasteiger charge is 2.13. The molecule has 0 spiro atoms. The maximum absolute atomic E-state index is 11.8. The third kappa shape index (κ3) is 3.53. The van der Waals surface area contributed by atoms with Gasteiger partial charge in [0.2, 0.25) is 0 Å². The van der Waals surface area contributed by atoms with E-state index in [1.807, 2.05) is 0 Å².